The van der Waals surface area contributed by atoms with Crippen molar-refractivity contribution in [1.82, 2.24) is 9.55 Å². The Balaban J connectivity index is 0.000000475. The number of aryl methyl sites for hydroxylation is 1. The molecule has 0 saturated carbocycles. The number of aromatic amines is 1. The topological polar surface area (TPSA) is 138 Å². The molecule has 0 saturated heterocycles. The van der Waals surface area contributed by atoms with Crippen LogP contribution in [0.3, 0.4) is 0 Å². The molecule has 338 valence electrons. The highest BCUT2D eigenvalue weighted by molar-refractivity contribution is 5.65. The van der Waals surface area contributed by atoms with Crippen LogP contribution in [0.2, 0.25) is 0 Å². The minimum Gasteiger partial charge on any atom is -0.497 e. The van der Waals surface area contributed by atoms with Crippen molar-refractivity contribution < 1.29 is 33.6 Å². The van der Waals surface area contributed by atoms with Crippen LogP contribution in [0.4, 0.5) is 0 Å². The molecule has 0 bridgehead atoms. The van der Waals surface area contributed by atoms with Gasteiger partial charge in [-0.15, -0.1) is 0 Å². The Kier molecular flexibility index (Phi) is 27.6. The molecule has 0 radical (unpaired) electrons. The van der Waals surface area contributed by atoms with E-state index in [0.29, 0.717) is 26.2 Å². The number of hydrogen-bond donors (Lipinski definition) is 2. The number of aliphatic hydroxyl groups excluding tert-OH is 1. The molecule has 11 nitrogen and oxygen atoms in total. The highest BCUT2D eigenvalue weighted by Crippen LogP contribution is 2.42. The van der Waals surface area contributed by atoms with Crippen LogP contribution in [-0.4, -0.2) is 67.9 Å². The maximum absolute atomic E-state index is 12.1. The SMILES string of the molecule is CC.CC(=O)OCCCCCCCCCCCCCCCCO.COc1ccc(C(OCC(CCn2ccc(=O)[nH]c2=O)OC)(c2ccccc2)c2ccc(OC)cc2)cc1. The van der Waals surface area contributed by atoms with Crippen LogP contribution in [-0.2, 0) is 31.2 Å². The van der Waals surface area contributed by atoms with E-state index in [1.165, 1.54) is 101 Å². The normalized spacial score (nSPS) is 11.4. The number of aromatic nitrogens is 2. The number of benzene rings is 3. The third-order valence-electron chi connectivity index (χ3n) is 10.4. The number of ether oxygens (including phenoxy) is 5. The number of methoxy groups -OCH3 is 3. The third-order valence-corrected chi connectivity index (χ3v) is 10.4. The Labute approximate surface area is 364 Å². The third kappa shape index (κ3) is 19.7. The van der Waals surface area contributed by atoms with Gasteiger partial charge in [0.15, 0.2) is 0 Å². The lowest BCUT2D eigenvalue weighted by atomic mass is 9.80. The first-order valence-electron chi connectivity index (χ1n) is 22.3. The summed E-state index contributed by atoms with van der Waals surface area (Å²) in [6.45, 7) is 7.01. The van der Waals surface area contributed by atoms with Gasteiger partial charge in [0.05, 0.1) is 33.5 Å². The minimum absolute atomic E-state index is 0.164. The number of esters is 1. The van der Waals surface area contributed by atoms with Crippen molar-refractivity contribution >= 4 is 5.97 Å². The van der Waals surface area contributed by atoms with Gasteiger partial charge in [-0.05, 0) is 60.2 Å². The van der Waals surface area contributed by atoms with Crippen LogP contribution in [0.15, 0.2) is 101 Å². The summed E-state index contributed by atoms with van der Waals surface area (Å²) >= 11 is 0. The summed E-state index contributed by atoms with van der Waals surface area (Å²) in [6.07, 6.45) is 19.4. The standard InChI is InChI=1S/C30H32N2O6.C18H36O3.C2H6/c1-35-25-13-9-23(10-14-25)30(22-7-5-4-6-8-22,24-11-15-26(36-2)16-12-24)38-21-27(37-3)17-19-32-20-18-28(33)31-29(32)34;1-18(20)21-17-15-13-11-9-7-5-3-2-4-6-8-10-12-14-16-19;1-2/h4-16,18,20,27H,17,19,21H2,1-3H3,(H,31,33,34);19H,2-17H2,1H3;1-2H3. The summed E-state index contributed by atoms with van der Waals surface area (Å²) in [5.74, 6) is 1.32. The van der Waals surface area contributed by atoms with Crippen molar-refractivity contribution in [3.8, 4) is 11.5 Å². The highest BCUT2D eigenvalue weighted by Gasteiger charge is 2.38. The molecule has 1 atom stereocenters. The molecule has 0 fully saturated rings. The van der Waals surface area contributed by atoms with Crippen LogP contribution in [0.5, 0.6) is 11.5 Å². The summed E-state index contributed by atoms with van der Waals surface area (Å²) in [5, 5.41) is 8.67. The molecule has 3 aromatic carbocycles. The van der Waals surface area contributed by atoms with Gasteiger partial charge >= 0.3 is 11.7 Å². The van der Waals surface area contributed by atoms with E-state index in [-0.39, 0.29) is 18.7 Å². The van der Waals surface area contributed by atoms with E-state index in [1.54, 1.807) is 21.3 Å². The smallest absolute Gasteiger partial charge is 0.328 e. The van der Waals surface area contributed by atoms with E-state index in [9.17, 15) is 14.4 Å². The molecular weight excluding hydrogens is 773 g/mol. The fourth-order valence-corrected chi connectivity index (χ4v) is 7.02. The lowest BCUT2D eigenvalue weighted by Gasteiger charge is -2.37. The van der Waals surface area contributed by atoms with E-state index in [0.717, 1.165) is 41.0 Å². The molecule has 0 amide bonds. The number of hydrogen-bond acceptors (Lipinski definition) is 9. The molecular formula is C50H74N2O9. The summed E-state index contributed by atoms with van der Waals surface area (Å²) in [4.78, 5) is 36.4. The van der Waals surface area contributed by atoms with Crippen molar-refractivity contribution in [3.05, 3.63) is 129 Å². The maximum atomic E-state index is 12.1. The summed E-state index contributed by atoms with van der Waals surface area (Å²) < 4.78 is 29.8. The van der Waals surface area contributed by atoms with Crippen molar-refractivity contribution in [1.29, 1.82) is 0 Å². The number of carbonyl (C=O) groups is 1. The van der Waals surface area contributed by atoms with Gasteiger partial charge in [-0.25, -0.2) is 4.79 Å². The van der Waals surface area contributed by atoms with Crippen molar-refractivity contribution in [2.45, 2.75) is 135 Å². The van der Waals surface area contributed by atoms with Gasteiger partial charge in [-0.2, -0.15) is 0 Å². The van der Waals surface area contributed by atoms with E-state index < -0.39 is 16.9 Å². The molecule has 0 spiro atoms. The first-order valence-corrected chi connectivity index (χ1v) is 22.3. The summed E-state index contributed by atoms with van der Waals surface area (Å²) in [7, 11) is 4.89. The number of aliphatic hydroxyl groups is 1. The first kappa shape index (κ1) is 52.4. The zero-order valence-corrected chi connectivity index (χ0v) is 37.8. The summed E-state index contributed by atoms with van der Waals surface area (Å²) in [6, 6.07) is 27.0. The zero-order chi connectivity index (χ0) is 44.6. The fraction of sp³-hybridized carbons (Fsp3) is 0.540. The molecule has 61 heavy (non-hydrogen) atoms. The molecule has 0 aliphatic heterocycles. The van der Waals surface area contributed by atoms with Crippen molar-refractivity contribution in [2.24, 2.45) is 0 Å². The van der Waals surface area contributed by atoms with E-state index in [1.807, 2.05) is 92.7 Å². The predicted octanol–water partition coefficient (Wildman–Crippen LogP) is 10.00. The quantitative estimate of drug-likeness (QED) is 0.0325. The maximum Gasteiger partial charge on any atom is 0.328 e. The Morgan fingerprint density at radius 1 is 0.656 bits per heavy atom. The molecule has 1 aromatic heterocycles. The molecule has 11 heteroatoms. The highest BCUT2D eigenvalue weighted by atomic mass is 16.5. The second kappa shape index (κ2) is 32.1. The zero-order valence-electron chi connectivity index (χ0n) is 37.8. The van der Waals surface area contributed by atoms with Gasteiger partial charge in [-0.3, -0.25) is 14.6 Å². The Hall–Kier alpha value is -4.71. The Morgan fingerprint density at radius 3 is 1.54 bits per heavy atom. The predicted molar refractivity (Wildman–Crippen MR) is 245 cm³/mol. The van der Waals surface area contributed by atoms with Gasteiger partial charge in [0.2, 0.25) is 0 Å². The number of unbranched alkanes of at least 4 members (excludes halogenated alkanes) is 13. The van der Waals surface area contributed by atoms with Gasteiger partial charge in [0, 0.05) is 39.4 Å². The minimum atomic E-state index is -0.967. The average molecular weight is 847 g/mol. The van der Waals surface area contributed by atoms with Crippen LogP contribution in [0.25, 0.3) is 0 Å². The second-order valence-corrected chi connectivity index (χ2v) is 14.8. The number of nitrogens with one attached hydrogen (secondary N) is 1. The van der Waals surface area contributed by atoms with Crippen LogP contribution in [0.1, 0.15) is 134 Å². The van der Waals surface area contributed by atoms with Gasteiger partial charge in [0.25, 0.3) is 5.56 Å². The van der Waals surface area contributed by atoms with Crippen LogP contribution < -0.4 is 20.7 Å². The van der Waals surface area contributed by atoms with E-state index in [4.69, 9.17) is 28.8 Å². The van der Waals surface area contributed by atoms with Gasteiger partial charge in [-0.1, -0.05) is 145 Å². The van der Waals surface area contributed by atoms with Crippen molar-refractivity contribution in [2.75, 3.05) is 41.2 Å². The van der Waals surface area contributed by atoms with Crippen LogP contribution >= 0.6 is 0 Å². The number of H-pyrrole nitrogens is 1. The monoisotopic (exact) mass is 847 g/mol. The lowest BCUT2D eigenvalue weighted by Crippen LogP contribution is -2.37. The van der Waals surface area contributed by atoms with E-state index in [2.05, 4.69) is 4.98 Å². The second-order valence-electron chi connectivity index (χ2n) is 14.8. The number of nitrogens with zero attached hydrogens (tertiary/aromatic N) is 1. The Bertz CT molecular complexity index is 1760. The molecule has 1 heterocycles. The van der Waals surface area contributed by atoms with Gasteiger partial charge < -0.3 is 33.4 Å². The lowest BCUT2D eigenvalue weighted by molar-refractivity contribution is -0.141. The molecule has 4 aromatic rings. The first-order chi connectivity index (χ1) is 29.8. The van der Waals surface area contributed by atoms with Crippen LogP contribution in [0, 0.1) is 0 Å². The molecule has 0 aliphatic rings. The van der Waals surface area contributed by atoms with Crippen molar-refractivity contribution in [3.63, 3.8) is 0 Å². The molecule has 1 unspecified atom stereocenters. The van der Waals surface area contributed by atoms with E-state index >= 15 is 0 Å². The molecule has 4 rings (SSSR count). The van der Waals surface area contributed by atoms with Gasteiger partial charge in [0.1, 0.15) is 17.1 Å². The molecule has 2 N–H and O–H groups in total. The Morgan fingerprint density at radius 2 is 1.11 bits per heavy atom. The average Bonchev–Trinajstić information content (AvgIpc) is 3.29. The largest absolute Gasteiger partial charge is 0.497 e. The fourth-order valence-electron chi connectivity index (χ4n) is 7.02. The molecule has 0 aliphatic carbocycles. The number of rotatable bonds is 28. The number of carbonyl (C=O) groups excluding carboxylic acids is 1. The summed E-state index contributed by atoms with van der Waals surface area (Å²) in [5.41, 5.74) is 0.934.